The summed E-state index contributed by atoms with van der Waals surface area (Å²) in [6.07, 6.45) is 1.36. The molecule has 1 aromatic rings. The van der Waals surface area contributed by atoms with Crippen molar-refractivity contribution in [2.45, 2.75) is 30.7 Å². The maximum Gasteiger partial charge on any atom is 0.178 e. The summed E-state index contributed by atoms with van der Waals surface area (Å²) in [6.45, 7) is 1.88. The van der Waals surface area contributed by atoms with Crippen LogP contribution in [0.5, 0.6) is 0 Å². The van der Waals surface area contributed by atoms with E-state index in [-0.39, 0.29) is 11.8 Å². The Hall–Kier alpha value is -0.870. The zero-order valence-electron chi connectivity index (χ0n) is 8.89. The maximum atomic E-state index is 11.8. The number of hydrogen-bond acceptors (Lipinski definition) is 3. The molecule has 0 radical (unpaired) electrons. The van der Waals surface area contributed by atoms with Gasteiger partial charge in [-0.3, -0.25) is 0 Å². The van der Waals surface area contributed by atoms with Crippen molar-refractivity contribution in [1.82, 2.24) is 0 Å². The Kier molecular flexibility index (Phi) is 4.29. The number of hydrogen-bond donors (Lipinski definition) is 1. The summed E-state index contributed by atoms with van der Waals surface area (Å²) < 4.78 is 23.5. The van der Waals surface area contributed by atoms with Crippen molar-refractivity contribution in [3.05, 3.63) is 30.3 Å². The van der Waals surface area contributed by atoms with Crippen LogP contribution in [0.15, 0.2) is 35.2 Å². The van der Waals surface area contributed by atoms with E-state index in [2.05, 4.69) is 0 Å². The van der Waals surface area contributed by atoms with Gasteiger partial charge < -0.3 is 5.73 Å². The summed E-state index contributed by atoms with van der Waals surface area (Å²) in [5.41, 5.74) is 5.57. The first-order chi connectivity index (χ1) is 7.02. The summed E-state index contributed by atoms with van der Waals surface area (Å²) in [6, 6.07) is 8.59. The average Bonchev–Trinajstić information content (AvgIpc) is 2.18. The van der Waals surface area contributed by atoms with Gasteiger partial charge in [-0.1, -0.05) is 18.2 Å². The van der Waals surface area contributed by atoms with Crippen molar-refractivity contribution in [2.24, 2.45) is 5.73 Å². The van der Waals surface area contributed by atoms with Crippen LogP contribution in [0.1, 0.15) is 19.8 Å². The molecule has 1 unspecified atom stereocenters. The maximum absolute atomic E-state index is 11.8. The summed E-state index contributed by atoms with van der Waals surface area (Å²) in [4.78, 5) is 0.398. The Morgan fingerprint density at radius 1 is 1.27 bits per heavy atom. The zero-order valence-corrected chi connectivity index (χ0v) is 9.70. The second-order valence-corrected chi connectivity index (χ2v) is 5.86. The van der Waals surface area contributed by atoms with Gasteiger partial charge in [0, 0.05) is 6.04 Å². The minimum atomic E-state index is -3.11. The van der Waals surface area contributed by atoms with Crippen molar-refractivity contribution in [3.63, 3.8) is 0 Å². The first-order valence-corrected chi connectivity index (χ1v) is 6.71. The lowest BCUT2D eigenvalue weighted by molar-refractivity contribution is 0.585. The van der Waals surface area contributed by atoms with E-state index in [0.717, 1.165) is 6.42 Å². The monoisotopic (exact) mass is 227 g/mol. The molecule has 1 atom stereocenters. The van der Waals surface area contributed by atoms with Crippen molar-refractivity contribution in [1.29, 1.82) is 0 Å². The van der Waals surface area contributed by atoms with E-state index < -0.39 is 9.84 Å². The first kappa shape index (κ1) is 12.2. The molecule has 15 heavy (non-hydrogen) atoms. The normalized spacial score (nSPS) is 13.7. The molecule has 0 spiro atoms. The Balaban J connectivity index is 2.61. The molecule has 84 valence electrons. The highest BCUT2D eigenvalue weighted by Gasteiger charge is 2.13. The van der Waals surface area contributed by atoms with E-state index in [9.17, 15) is 8.42 Å². The highest BCUT2D eigenvalue weighted by Crippen LogP contribution is 2.12. The molecule has 0 aliphatic heterocycles. The van der Waals surface area contributed by atoms with Crippen LogP contribution in [0.25, 0.3) is 0 Å². The second kappa shape index (κ2) is 5.28. The standard InChI is InChI=1S/C11H17NO2S/c1-10(12)6-5-9-15(13,14)11-7-3-2-4-8-11/h2-4,7-8,10H,5-6,9,12H2,1H3. The molecule has 0 bridgehead atoms. The summed E-state index contributed by atoms with van der Waals surface area (Å²) in [7, 11) is -3.11. The third-order valence-electron chi connectivity index (χ3n) is 2.17. The number of benzene rings is 1. The van der Waals surface area contributed by atoms with Gasteiger partial charge >= 0.3 is 0 Å². The van der Waals surface area contributed by atoms with Crippen LogP contribution in [0.4, 0.5) is 0 Å². The zero-order chi connectivity index (χ0) is 11.3. The van der Waals surface area contributed by atoms with Crippen LogP contribution in [-0.4, -0.2) is 20.2 Å². The van der Waals surface area contributed by atoms with E-state index in [1.165, 1.54) is 0 Å². The minimum Gasteiger partial charge on any atom is -0.328 e. The van der Waals surface area contributed by atoms with E-state index in [1.807, 2.05) is 6.92 Å². The van der Waals surface area contributed by atoms with Gasteiger partial charge in [-0.2, -0.15) is 0 Å². The van der Waals surface area contributed by atoms with E-state index >= 15 is 0 Å². The average molecular weight is 227 g/mol. The molecule has 0 heterocycles. The van der Waals surface area contributed by atoms with Gasteiger partial charge in [0.05, 0.1) is 10.6 Å². The van der Waals surface area contributed by atoms with E-state index in [4.69, 9.17) is 5.73 Å². The minimum absolute atomic E-state index is 0.0657. The molecule has 0 saturated carbocycles. The van der Waals surface area contributed by atoms with Crippen molar-refractivity contribution in [2.75, 3.05) is 5.75 Å². The molecule has 0 aliphatic rings. The van der Waals surface area contributed by atoms with Crippen LogP contribution in [-0.2, 0) is 9.84 Å². The van der Waals surface area contributed by atoms with Crippen LogP contribution in [0.2, 0.25) is 0 Å². The predicted octanol–water partition coefficient (Wildman–Crippen LogP) is 1.59. The molecule has 0 amide bonds. The molecule has 2 N–H and O–H groups in total. The Morgan fingerprint density at radius 2 is 1.87 bits per heavy atom. The second-order valence-electron chi connectivity index (χ2n) is 3.75. The lowest BCUT2D eigenvalue weighted by atomic mass is 10.2. The van der Waals surface area contributed by atoms with Crippen molar-refractivity contribution < 1.29 is 8.42 Å². The van der Waals surface area contributed by atoms with Crippen LogP contribution >= 0.6 is 0 Å². The van der Waals surface area contributed by atoms with Gasteiger partial charge in [0.2, 0.25) is 0 Å². The summed E-state index contributed by atoms with van der Waals surface area (Å²) in [5.74, 6) is 0.179. The smallest absolute Gasteiger partial charge is 0.178 e. The highest BCUT2D eigenvalue weighted by atomic mass is 32.2. The predicted molar refractivity (Wildman–Crippen MR) is 61.4 cm³/mol. The van der Waals surface area contributed by atoms with Crippen LogP contribution in [0, 0.1) is 0 Å². The Morgan fingerprint density at radius 3 is 2.40 bits per heavy atom. The Bertz CT molecular complexity index is 384. The van der Waals surface area contributed by atoms with Crippen LogP contribution < -0.4 is 5.73 Å². The van der Waals surface area contributed by atoms with Gasteiger partial charge in [0.1, 0.15) is 0 Å². The molecule has 3 nitrogen and oxygen atoms in total. The molecule has 1 aromatic carbocycles. The molecule has 0 fully saturated rings. The SMILES string of the molecule is CC(N)CCCS(=O)(=O)c1ccccc1. The number of rotatable bonds is 5. The molecule has 0 saturated heterocycles. The highest BCUT2D eigenvalue weighted by molar-refractivity contribution is 7.91. The molecule has 1 rings (SSSR count). The molecule has 0 aliphatic carbocycles. The summed E-state index contributed by atoms with van der Waals surface area (Å²) >= 11 is 0. The first-order valence-electron chi connectivity index (χ1n) is 5.06. The molecular weight excluding hydrogens is 210 g/mol. The van der Waals surface area contributed by atoms with Crippen molar-refractivity contribution >= 4 is 9.84 Å². The lowest BCUT2D eigenvalue weighted by Gasteiger charge is -2.06. The fourth-order valence-corrected chi connectivity index (χ4v) is 2.70. The fraction of sp³-hybridized carbons (Fsp3) is 0.455. The molecular formula is C11H17NO2S. The molecule has 4 heteroatoms. The van der Waals surface area contributed by atoms with Gasteiger partial charge in [-0.25, -0.2) is 8.42 Å². The molecule has 0 aromatic heterocycles. The quantitative estimate of drug-likeness (QED) is 0.831. The summed E-state index contributed by atoms with van der Waals surface area (Å²) in [5, 5.41) is 0. The van der Waals surface area contributed by atoms with Crippen LogP contribution in [0.3, 0.4) is 0 Å². The largest absolute Gasteiger partial charge is 0.328 e. The third-order valence-corrected chi connectivity index (χ3v) is 3.99. The van der Waals surface area contributed by atoms with Crippen molar-refractivity contribution in [3.8, 4) is 0 Å². The lowest BCUT2D eigenvalue weighted by Crippen LogP contribution is -2.16. The van der Waals surface area contributed by atoms with Gasteiger partial charge in [-0.05, 0) is 31.9 Å². The van der Waals surface area contributed by atoms with E-state index in [1.54, 1.807) is 30.3 Å². The van der Waals surface area contributed by atoms with E-state index in [0.29, 0.717) is 11.3 Å². The fourth-order valence-electron chi connectivity index (χ4n) is 1.34. The van der Waals surface area contributed by atoms with Gasteiger partial charge in [0.15, 0.2) is 9.84 Å². The third kappa shape index (κ3) is 4.01. The van der Waals surface area contributed by atoms with Gasteiger partial charge in [0.25, 0.3) is 0 Å². The topological polar surface area (TPSA) is 60.2 Å². The Labute approximate surface area is 91.2 Å². The van der Waals surface area contributed by atoms with Gasteiger partial charge in [-0.15, -0.1) is 0 Å². The number of sulfone groups is 1. The number of nitrogens with two attached hydrogens (primary N) is 1.